The fourth-order valence-electron chi connectivity index (χ4n) is 3.74. The van der Waals surface area contributed by atoms with Gasteiger partial charge in [-0.3, -0.25) is 9.69 Å². The highest BCUT2D eigenvalue weighted by molar-refractivity contribution is 7.98. The zero-order chi connectivity index (χ0) is 20.9. The van der Waals surface area contributed by atoms with Gasteiger partial charge in [-0.05, 0) is 25.3 Å². The van der Waals surface area contributed by atoms with Crippen molar-refractivity contribution in [2.75, 3.05) is 31.3 Å². The van der Waals surface area contributed by atoms with Crippen LogP contribution in [-0.2, 0) is 10.3 Å². The Morgan fingerprint density at radius 1 is 1.45 bits per heavy atom. The average Bonchev–Trinajstić information content (AvgIpc) is 3.34. The molecule has 0 spiro atoms. The van der Waals surface area contributed by atoms with E-state index in [2.05, 4.69) is 16.0 Å². The Kier molecular flexibility index (Phi) is 4.71. The van der Waals surface area contributed by atoms with Crippen LogP contribution in [0.25, 0.3) is 0 Å². The second kappa shape index (κ2) is 6.96. The molecule has 2 aromatic heterocycles. The molecule has 8 nitrogen and oxygen atoms in total. The molecular weight excluding hydrogens is 413 g/mol. The summed E-state index contributed by atoms with van der Waals surface area (Å²) in [6, 6.07) is 5.66. The number of aromatic nitrogens is 2. The van der Waals surface area contributed by atoms with E-state index in [1.165, 1.54) is 28.0 Å². The molecule has 0 bridgehead atoms. The van der Waals surface area contributed by atoms with Gasteiger partial charge in [0.2, 0.25) is 11.9 Å². The van der Waals surface area contributed by atoms with Crippen LogP contribution in [0.4, 0.5) is 10.3 Å². The summed E-state index contributed by atoms with van der Waals surface area (Å²) in [4.78, 5) is 30.9. The maximum atomic E-state index is 14.2. The van der Waals surface area contributed by atoms with Gasteiger partial charge < -0.3 is 10.6 Å². The fraction of sp³-hybridized carbons (Fsp3) is 0.389. The van der Waals surface area contributed by atoms with Crippen LogP contribution in [0.3, 0.4) is 0 Å². The van der Waals surface area contributed by atoms with Crippen LogP contribution in [0.2, 0.25) is 0 Å². The number of aliphatic imine (C=N–C) groups is 1. The first-order valence-electron chi connectivity index (χ1n) is 8.77. The summed E-state index contributed by atoms with van der Waals surface area (Å²) in [5.74, 6) is -0.639. The molecular formula is C18H18FN7OS2. The molecule has 0 unspecified atom stereocenters. The monoisotopic (exact) mass is 431 g/mol. The molecule has 0 aromatic carbocycles. The van der Waals surface area contributed by atoms with Crippen molar-refractivity contribution in [3.63, 3.8) is 0 Å². The Morgan fingerprint density at radius 3 is 2.86 bits per heavy atom. The molecule has 0 radical (unpaired) electrons. The van der Waals surface area contributed by atoms with Crippen LogP contribution in [0, 0.1) is 30.0 Å². The SMILES string of the molecule is CSc1nc(N2C[C@H]3C(=O)N(C)C(N)=N[C@@]3(c3ccc(C#N)s3)C2)nc(C)c1F. The third kappa shape index (κ3) is 2.94. The van der Waals surface area contributed by atoms with Gasteiger partial charge in [0, 0.05) is 18.5 Å². The number of amides is 1. The van der Waals surface area contributed by atoms with E-state index in [1.807, 2.05) is 11.0 Å². The van der Waals surface area contributed by atoms with Crippen molar-refractivity contribution >= 4 is 40.9 Å². The zero-order valence-electron chi connectivity index (χ0n) is 16.0. The number of carbonyl (C=O) groups is 1. The lowest BCUT2D eigenvalue weighted by Crippen LogP contribution is -2.54. The summed E-state index contributed by atoms with van der Waals surface area (Å²) in [6.45, 7) is 2.22. The summed E-state index contributed by atoms with van der Waals surface area (Å²) >= 11 is 2.50. The largest absolute Gasteiger partial charge is 0.369 e. The van der Waals surface area contributed by atoms with Crippen molar-refractivity contribution in [1.29, 1.82) is 5.26 Å². The van der Waals surface area contributed by atoms with E-state index in [4.69, 9.17) is 10.7 Å². The van der Waals surface area contributed by atoms with Crippen molar-refractivity contribution in [3.05, 3.63) is 33.4 Å². The number of anilines is 1. The Morgan fingerprint density at radius 2 is 2.21 bits per heavy atom. The molecule has 4 rings (SSSR count). The van der Waals surface area contributed by atoms with Gasteiger partial charge in [-0.2, -0.15) is 5.26 Å². The molecule has 1 fully saturated rings. The van der Waals surface area contributed by atoms with Gasteiger partial charge in [0.15, 0.2) is 11.8 Å². The third-order valence-electron chi connectivity index (χ3n) is 5.29. The van der Waals surface area contributed by atoms with E-state index in [1.54, 1.807) is 26.3 Å². The number of hydrogen-bond acceptors (Lipinski definition) is 9. The van der Waals surface area contributed by atoms with Crippen molar-refractivity contribution in [1.82, 2.24) is 14.9 Å². The van der Waals surface area contributed by atoms with Crippen LogP contribution in [0.15, 0.2) is 22.2 Å². The topological polar surface area (TPSA) is 112 Å². The molecule has 0 aliphatic carbocycles. The minimum atomic E-state index is -0.932. The highest BCUT2D eigenvalue weighted by atomic mass is 32.2. The number of nitrogens with zero attached hydrogens (tertiary/aromatic N) is 6. The van der Waals surface area contributed by atoms with E-state index in [0.717, 1.165) is 4.88 Å². The average molecular weight is 432 g/mol. The third-order valence-corrected chi connectivity index (χ3v) is 7.11. The predicted molar refractivity (Wildman–Crippen MR) is 109 cm³/mol. The molecule has 11 heteroatoms. The standard InChI is InChI=1S/C18H18FN7OS2/c1-9-13(19)14(28-3)23-17(22-9)26-7-11-15(27)25(2)16(21)24-18(11,8-26)12-5-4-10(6-20)29-12/h4-5,11H,7-8H2,1-3H3,(H2,21,24)/t11-,18-/m0/s1. The Balaban J connectivity index is 1.83. The lowest BCUT2D eigenvalue weighted by Gasteiger charge is -2.36. The van der Waals surface area contributed by atoms with Gasteiger partial charge >= 0.3 is 0 Å². The van der Waals surface area contributed by atoms with E-state index < -0.39 is 17.3 Å². The van der Waals surface area contributed by atoms with Crippen LogP contribution >= 0.6 is 23.1 Å². The molecule has 29 heavy (non-hydrogen) atoms. The Hall–Kier alpha value is -2.71. The maximum Gasteiger partial charge on any atom is 0.236 e. The van der Waals surface area contributed by atoms with Crippen molar-refractivity contribution in [2.24, 2.45) is 16.6 Å². The maximum absolute atomic E-state index is 14.2. The van der Waals surface area contributed by atoms with Crippen molar-refractivity contribution < 1.29 is 9.18 Å². The van der Waals surface area contributed by atoms with Gasteiger partial charge in [0.05, 0.1) is 18.2 Å². The molecule has 2 N–H and O–H groups in total. The Labute approximate surface area is 175 Å². The number of carbonyl (C=O) groups excluding carboxylic acids is 1. The number of guanidine groups is 1. The summed E-state index contributed by atoms with van der Waals surface area (Å²) in [6.07, 6.45) is 1.75. The molecule has 2 aliphatic heterocycles. The number of halogens is 1. The molecule has 2 aromatic rings. The first-order chi connectivity index (χ1) is 13.8. The van der Waals surface area contributed by atoms with Crippen LogP contribution in [-0.4, -0.2) is 53.1 Å². The van der Waals surface area contributed by atoms with E-state index in [9.17, 15) is 14.4 Å². The highest BCUT2D eigenvalue weighted by Crippen LogP contribution is 2.47. The number of thioether (sulfide) groups is 1. The number of nitriles is 1. The van der Waals surface area contributed by atoms with E-state index in [0.29, 0.717) is 23.9 Å². The molecule has 150 valence electrons. The normalized spacial score (nSPS) is 23.8. The second-order valence-electron chi connectivity index (χ2n) is 6.93. The van der Waals surface area contributed by atoms with Crippen molar-refractivity contribution in [2.45, 2.75) is 17.5 Å². The summed E-state index contributed by atoms with van der Waals surface area (Å²) < 4.78 is 14.2. The van der Waals surface area contributed by atoms with Gasteiger partial charge in [0.1, 0.15) is 21.5 Å². The van der Waals surface area contributed by atoms with Crippen LogP contribution in [0.1, 0.15) is 15.4 Å². The first-order valence-corrected chi connectivity index (χ1v) is 10.8. The van der Waals surface area contributed by atoms with Gasteiger partial charge in [-0.15, -0.1) is 23.1 Å². The molecule has 1 amide bonds. The fourth-order valence-corrected chi connectivity index (χ4v) is 5.23. The quantitative estimate of drug-likeness (QED) is 0.581. The highest BCUT2D eigenvalue weighted by Gasteiger charge is 2.56. The van der Waals surface area contributed by atoms with Gasteiger partial charge in [-0.25, -0.2) is 19.4 Å². The number of thiophene rings is 1. The Bertz CT molecular complexity index is 1080. The van der Waals surface area contributed by atoms with E-state index in [-0.39, 0.29) is 22.6 Å². The van der Waals surface area contributed by atoms with Gasteiger partial charge in [0.25, 0.3) is 0 Å². The van der Waals surface area contributed by atoms with E-state index >= 15 is 0 Å². The number of fused-ring (bicyclic) bond motifs is 1. The second-order valence-corrected chi connectivity index (χ2v) is 8.81. The lowest BCUT2D eigenvalue weighted by atomic mass is 9.84. The number of hydrogen-bond donors (Lipinski definition) is 1. The smallest absolute Gasteiger partial charge is 0.236 e. The minimum absolute atomic E-state index is 0.126. The van der Waals surface area contributed by atoms with Crippen molar-refractivity contribution in [3.8, 4) is 6.07 Å². The molecule has 4 heterocycles. The van der Waals surface area contributed by atoms with Crippen LogP contribution in [0.5, 0.6) is 0 Å². The molecule has 1 saturated heterocycles. The van der Waals surface area contributed by atoms with Crippen LogP contribution < -0.4 is 10.6 Å². The molecule has 0 saturated carbocycles. The van der Waals surface area contributed by atoms with Gasteiger partial charge in [-0.1, -0.05) is 0 Å². The summed E-state index contributed by atoms with van der Waals surface area (Å²) in [5, 5.41) is 9.49. The minimum Gasteiger partial charge on any atom is -0.369 e. The zero-order valence-corrected chi connectivity index (χ0v) is 17.6. The lowest BCUT2D eigenvalue weighted by molar-refractivity contribution is -0.132. The molecule has 2 atom stereocenters. The first kappa shape index (κ1) is 19.6. The summed E-state index contributed by atoms with van der Waals surface area (Å²) in [5.41, 5.74) is 5.37. The molecule has 2 aliphatic rings. The number of aryl methyl sites for hydroxylation is 1. The number of rotatable bonds is 3. The predicted octanol–water partition coefficient (Wildman–Crippen LogP) is 1.70. The number of nitrogens with two attached hydrogens (primary N) is 1. The summed E-state index contributed by atoms with van der Waals surface area (Å²) in [7, 11) is 1.59.